The topological polar surface area (TPSA) is 38.0 Å². The number of benzene rings is 1. The molecule has 106 valence electrons. The molecule has 0 aromatic heterocycles. The fraction of sp³-hybridized carbons (Fsp3) is 0.600. The quantitative estimate of drug-likeness (QED) is 0.635. The van der Waals surface area contributed by atoms with E-state index < -0.39 is 11.6 Å². The van der Waals surface area contributed by atoms with Gasteiger partial charge in [0.1, 0.15) is 0 Å². The van der Waals surface area contributed by atoms with Crippen LogP contribution < -0.4 is 11.3 Å². The molecule has 1 unspecified atom stereocenters. The van der Waals surface area contributed by atoms with Crippen LogP contribution >= 0.6 is 0 Å². The van der Waals surface area contributed by atoms with E-state index in [0.29, 0.717) is 17.9 Å². The summed E-state index contributed by atoms with van der Waals surface area (Å²) >= 11 is 0. The summed E-state index contributed by atoms with van der Waals surface area (Å²) in [4.78, 5) is 0. The van der Waals surface area contributed by atoms with Crippen LogP contribution in [0.5, 0.6) is 0 Å². The Bertz CT molecular complexity index is 403. The first-order valence-electron chi connectivity index (χ1n) is 7.09. The molecular weight excluding hydrogens is 246 g/mol. The molecule has 0 spiro atoms. The van der Waals surface area contributed by atoms with E-state index in [0.717, 1.165) is 12.5 Å². The minimum atomic E-state index is -0.786. The lowest BCUT2D eigenvalue weighted by atomic mass is 9.83. The molecule has 2 nitrogen and oxygen atoms in total. The molecule has 1 atom stereocenters. The van der Waals surface area contributed by atoms with Crippen LogP contribution in [0.3, 0.4) is 0 Å². The van der Waals surface area contributed by atoms with Gasteiger partial charge in [0.2, 0.25) is 0 Å². The van der Waals surface area contributed by atoms with Gasteiger partial charge in [0.25, 0.3) is 0 Å². The van der Waals surface area contributed by atoms with E-state index in [-0.39, 0.29) is 6.04 Å². The van der Waals surface area contributed by atoms with Crippen LogP contribution in [-0.4, -0.2) is 6.04 Å². The summed E-state index contributed by atoms with van der Waals surface area (Å²) in [5.41, 5.74) is 3.16. The van der Waals surface area contributed by atoms with Gasteiger partial charge in [0.15, 0.2) is 11.6 Å². The average molecular weight is 268 g/mol. The van der Waals surface area contributed by atoms with Gasteiger partial charge in [-0.15, -0.1) is 0 Å². The Balaban J connectivity index is 1.96. The molecule has 2 rings (SSSR count). The molecule has 1 aromatic rings. The monoisotopic (exact) mass is 268 g/mol. The van der Waals surface area contributed by atoms with Crippen molar-refractivity contribution in [3.63, 3.8) is 0 Å². The highest BCUT2D eigenvalue weighted by atomic mass is 19.2. The van der Waals surface area contributed by atoms with Crippen molar-refractivity contribution in [2.24, 2.45) is 11.8 Å². The first-order chi connectivity index (χ1) is 9.20. The van der Waals surface area contributed by atoms with Crippen LogP contribution in [0.4, 0.5) is 8.78 Å². The largest absolute Gasteiger partial charge is 0.271 e. The minimum absolute atomic E-state index is 0.0133. The number of hydrogen-bond donors (Lipinski definition) is 2. The van der Waals surface area contributed by atoms with E-state index in [2.05, 4.69) is 5.43 Å². The number of hydrazine groups is 1. The number of rotatable bonds is 5. The van der Waals surface area contributed by atoms with Gasteiger partial charge in [-0.2, -0.15) is 0 Å². The lowest BCUT2D eigenvalue weighted by molar-refractivity contribution is 0.296. The standard InChI is InChI=1S/C15H22F2N2/c16-14-8-4-7-12(15(14)17)10-13(19-18)9-11-5-2-1-3-6-11/h4,7-8,11,13,19H,1-3,5-6,9-10,18H2. The van der Waals surface area contributed by atoms with Gasteiger partial charge in [-0.25, -0.2) is 8.78 Å². The molecule has 3 N–H and O–H groups in total. The maximum atomic E-state index is 13.6. The van der Waals surface area contributed by atoms with Crippen LogP contribution in [0.15, 0.2) is 18.2 Å². The predicted octanol–water partition coefficient (Wildman–Crippen LogP) is 3.31. The molecule has 1 fully saturated rings. The Kier molecular flexibility index (Phi) is 5.28. The van der Waals surface area contributed by atoms with Gasteiger partial charge in [-0.05, 0) is 30.4 Å². The Morgan fingerprint density at radius 2 is 1.95 bits per heavy atom. The third kappa shape index (κ3) is 3.98. The molecule has 0 amide bonds. The highest BCUT2D eigenvalue weighted by Crippen LogP contribution is 2.28. The first-order valence-corrected chi connectivity index (χ1v) is 7.09. The van der Waals surface area contributed by atoms with Gasteiger partial charge < -0.3 is 0 Å². The van der Waals surface area contributed by atoms with Crippen LogP contribution in [0.25, 0.3) is 0 Å². The molecule has 0 heterocycles. The molecule has 0 bridgehead atoms. The molecule has 0 radical (unpaired) electrons. The van der Waals surface area contributed by atoms with Crippen molar-refractivity contribution in [2.45, 2.75) is 51.0 Å². The number of nitrogens with one attached hydrogen (secondary N) is 1. The summed E-state index contributed by atoms with van der Waals surface area (Å²) in [6, 6.07) is 4.33. The zero-order chi connectivity index (χ0) is 13.7. The Labute approximate surface area is 113 Å². The summed E-state index contributed by atoms with van der Waals surface area (Å²) < 4.78 is 26.8. The van der Waals surface area contributed by atoms with Crippen molar-refractivity contribution in [1.82, 2.24) is 5.43 Å². The van der Waals surface area contributed by atoms with E-state index >= 15 is 0 Å². The third-order valence-corrected chi connectivity index (χ3v) is 4.08. The van der Waals surface area contributed by atoms with Gasteiger partial charge >= 0.3 is 0 Å². The van der Waals surface area contributed by atoms with Crippen LogP contribution in [0.1, 0.15) is 44.1 Å². The fourth-order valence-corrected chi connectivity index (χ4v) is 3.01. The van der Waals surface area contributed by atoms with E-state index in [1.807, 2.05) is 0 Å². The van der Waals surface area contributed by atoms with Crippen LogP contribution in [0.2, 0.25) is 0 Å². The SMILES string of the molecule is NNC(Cc1cccc(F)c1F)CC1CCCCC1. The van der Waals surface area contributed by atoms with Crippen molar-refractivity contribution in [1.29, 1.82) is 0 Å². The molecule has 19 heavy (non-hydrogen) atoms. The smallest absolute Gasteiger partial charge is 0.162 e. The normalized spacial score (nSPS) is 18.5. The van der Waals surface area contributed by atoms with Crippen LogP contribution in [0, 0.1) is 17.6 Å². The molecule has 1 aliphatic rings. The molecular formula is C15H22F2N2. The zero-order valence-electron chi connectivity index (χ0n) is 11.2. The summed E-state index contributed by atoms with van der Waals surface area (Å²) in [6.07, 6.45) is 7.69. The van der Waals surface area contributed by atoms with Crippen molar-refractivity contribution in [2.75, 3.05) is 0 Å². The second kappa shape index (κ2) is 6.96. The molecule has 4 heteroatoms. The zero-order valence-corrected chi connectivity index (χ0v) is 11.2. The Morgan fingerprint density at radius 3 is 2.63 bits per heavy atom. The van der Waals surface area contributed by atoms with E-state index in [1.54, 1.807) is 12.1 Å². The fourth-order valence-electron chi connectivity index (χ4n) is 3.01. The highest BCUT2D eigenvalue weighted by Gasteiger charge is 2.20. The summed E-state index contributed by atoms with van der Waals surface area (Å²) in [5, 5.41) is 0. The van der Waals surface area contributed by atoms with Gasteiger partial charge in [0, 0.05) is 6.04 Å². The first kappa shape index (κ1) is 14.4. The van der Waals surface area contributed by atoms with Gasteiger partial charge in [-0.3, -0.25) is 11.3 Å². The molecule has 1 saturated carbocycles. The molecule has 0 aliphatic heterocycles. The van der Waals surface area contributed by atoms with Crippen molar-refractivity contribution >= 4 is 0 Å². The maximum absolute atomic E-state index is 13.6. The molecule has 1 aliphatic carbocycles. The number of nitrogens with two attached hydrogens (primary N) is 1. The summed E-state index contributed by atoms with van der Waals surface area (Å²) in [5.74, 6) is 4.69. The second-order valence-electron chi connectivity index (χ2n) is 5.52. The average Bonchev–Trinajstić information content (AvgIpc) is 2.44. The van der Waals surface area contributed by atoms with E-state index in [9.17, 15) is 8.78 Å². The van der Waals surface area contributed by atoms with E-state index in [1.165, 1.54) is 32.1 Å². The lowest BCUT2D eigenvalue weighted by Gasteiger charge is -2.26. The summed E-state index contributed by atoms with van der Waals surface area (Å²) in [6.45, 7) is 0. The lowest BCUT2D eigenvalue weighted by Crippen LogP contribution is -2.38. The van der Waals surface area contributed by atoms with Gasteiger partial charge in [0.05, 0.1) is 0 Å². The number of hydrogen-bond acceptors (Lipinski definition) is 2. The second-order valence-corrected chi connectivity index (χ2v) is 5.52. The molecule has 1 aromatic carbocycles. The van der Waals surface area contributed by atoms with Crippen molar-refractivity contribution in [3.8, 4) is 0 Å². The third-order valence-electron chi connectivity index (χ3n) is 4.08. The highest BCUT2D eigenvalue weighted by molar-refractivity contribution is 5.20. The Hall–Kier alpha value is -1.00. The molecule has 0 saturated heterocycles. The minimum Gasteiger partial charge on any atom is -0.271 e. The summed E-state index contributed by atoms with van der Waals surface area (Å²) in [7, 11) is 0. The van der Waals surface area contributed by atoms with Crippen molar-refractivity contribution < 1.29 is 8.78 Å². The van der Waals surface area contributed by atoms with Gasteiger partial charge in [-0.1, -0.05) is 44.2 Å². The number of halogens is 2. The van der Waals surface area contributed by atoms with Crippen molar-refractivity contribution in [3.05, 3.63) is 35.4 Å². The Morgan fingerprint density at radius 1 is 1.21 bits per heavy atom. The van der Waals surface area contributed by atoms with Crippen LogP contribution in [-0.2, 0) is 6.42 Å². The maximum Gasteiger partial charge on any atom is 0.162 e. The predicted molar refractivity (Wildman–Crippen MR) is 72.4 cm³/mol. The van der Waals surface area contributed by atoms with E-state index in [4.69, 9.17) is 5.84 Å².